The SMILES string of the molecule is CC(C)Oc1cc(Br)ncn1. The first kappa shape index (κ1) is 8.46. The first-order valence-electron chi connectivity index (χ1n) is 3.32. The minimum atomic E-state index is 0.150. The van der Waals surface area contributed by atoms with Crippen molar-refractivity contribution in [3.63, 3.8) is 0 Å². The van der Waals surface area contributed by atoms with Crippen molar-refractivity contribution in [3.05, 3.63) is 17.0 Å². The van der Waals surface area contributed by atoms with Crippen molar-refractivity contribution in [1.29, 1.82) is 0 Å². The largest absolute Gasteiger partial charge is 0.475 e. The molecule has 0 aliphatic carbocycles. The van der Waals surface area contributed by atoms with Gasteiger partial charge in [0, 0.05) is 6.07 Å². The van der Waals surface area contributed by atoms with Crippen LogP contribution in [0.4, 0.5) is 0 Å². The van der Waals surface area contributed by atoms with E-state index in [0.717, 1.165) is 4.60 Å². The van der Waals surface area contributed by atoms with E-state index in [2.05, 4.69) is 25.9 Å². The van der Waals surface area contributed by atoms with Crippen LogP contribution in [0.15, 0.2) is 17.0 Å². The number of ether oxygens (including phenoxy) is 1. The zero-order chi connectivity index (χ0) is 8.27. The van der Waals surface area contributed by atoms with E-state index in [1.165, 1.54) is 6.33 Å². The lowest BCUT2D eigenvalue weighted by atomic mass is 10.5. The first-order chi connectivity index (χ1) is 5.18. The van der Waals surface area contributed by atoms with Gasteiger partial charge in [-0.05, 0) is 29.8 Å². The van der Waals surface area contributed by atoms with Gasteiger partial charge in [-0.2, -0.15) is 0 Å². The Morgan fingerprint density at radius 1 is 1.45 bits per heavy atom. The lowest BCUT2D eigenvalue weighted by molar-refractivity contribution is 0.232. The average Bonchev–Trinajstić information content (AvgIpc) is 1.85. The molecule has 0 amide bonds. The first-order valence-corrected chi connectivity index (χ1v) is 4.12. The molecule has 0 aromatic carbocycles. The molecule has 0 saturated heterocycles. The summed E-state index contributed by atoms with van der Waals surface area (Å²) in [7, 11) is 0. The molecular weight excluding hydrogens is 208 g/mol. The summed E-state index contributed by atoms with van der Waals surface area (Å²) in [5.41, 5.74) is 0. The molecule has 1 aromatic heterocycles. The van der Waals surface area contributed by atoms with Gasteiger partial charge in [0.25, 0.3) is 0 Å². The number of halogens is 1. The molecule has 11 heavy (non-hydrogen) atoms. The van der Waals surface area contributed by atoms with E-state index in [4.69, 9.17) is 4.74 Å². The summed E-state index contributed by atoms with van der Waals surface area (Å²) in [6.07, 6.45) is 1.61. The molecule has 0 aliphatic rings. The quantitative estimate of drug-likeness (QED) is 0.711. The highest BCUT2D eigenvalue weighted by molar-refractivity contribution is 9.10. The molecule has 0 N–H and O–H groups in total. The predicted octanol–water partition coefficient (Wildman–Crippen LogP) is 2.03. The fourth-order valence-corrected chi connectivity index (χ4v) is 0.911. The summed E-state index contributed by atoms with van der Waals surface area (Å²) in [4.78, 5) is 7.79. The molecule has 0 atom stereocenters. The van der Waals surface area contributed by atoms with Crippen molar-refractivity contribution in [1.82, 2.24) is 9.97 Å². The molecule has 0 fully saturated rings. The number of aromatic nitrogens is 2. The zero-order valence-electron chi connectivity index (χ0n) is 6.41. The van der Waals surface area contributed by atoms with Gasteiger partial charge in [-0.15, -0.1) is 0 Å². The van der Waals surface area contributed by atoms with E-state index in [-0.39, 0.29) is 6.10 Å². The van der Waals surface area contributed by atoms with Gasteiger partial charge in [0.1, 0.15) is 10.9 Å². The summed E-state index contributed by atoms with van der Waals surface area (Å²) >= 11 is 3.22. The molecule has 0 bridgehead atoms. The summed E-state index contributed by atoms with van der Waals surface area (Å²) in [5, 5.41) is 0. The van der Waals surface area contributed by atoms with Crippen molar-refractivity contribution in [2.45, 2.75) is 20.0 Å². The Balaban J connectivity index is 2.71. The highest BCUT2D eigenvalue weighted by Crippen LogP contribution is 2.12. The molecule has 3 nitrogen and oxygen atoms in total. The van der Waals surface area contributed by atoms with Crippen LogP contribution in [0.2, 0.25) is 0 Å². The summed E-state index contributed by atoms with van der Waals surface area (Å²) in [6.45, 7) is 3.91. The highest BCUT2D eigenvalue weighted by Gasteiger charge is 1.98. The van der Waals surface area contributed by atoms with E-state index in [9.17, 15) is 0 Å². The van der Waals surface area contributed by atoms with Crippen molar-refractivity contribution in [3.8, 4) is 5.88 Å². The lowest BCUT2D eigenvalue weighted by Gasteiger charge is -2.07. The van der Waals surface area contributed by atoms with Crippen LogP contribution < -0.4 is 4.74 Å². The van der Waals surface area contributed by atoms with Crippen LogP contribution in [0, 0.1) is 0 Å². The third kappa shape index (κ3) is 2.84. The Morgan fingerprint density at radius 3 is 2.73 bits per heavy atom. The molecular formula is C7H9BrN2O. The van der Waals surface area contributed by atoms with E-state index >= 15 is 0 Å². The topological polar surface area (TPSA) is 35.0 Å². The van der Waals surface area contributed by atoms with Gasteiger partial charge in [0.05, 0.1) is 6.10 Å². The Hall–Kier alpha value is -0.640. The van der Waals surface area contributed by atoms with Crippen molar-refractivity contribution in [2.24, 2.45) is 0 Å². The Bertz CT molecular complexity index is 240. The number of hydrogen-bond donors (Lipinski definition) is 0. The smallest absolute Gasteiger partial charge is 0.217 e. The monoisotopic (exact) mass is 216 g/mol. The van der Waals surface area contributed by atoms with Crippen molar-refractivity contribution in [2.75, 3.05) is 0 Å². The molecule has 1 heterocycles. The molecule has 1 aromatic rings. The second kappa shape index (κ2) is 3.67. The van der Waals surface area contributed by atoms with Crippen LogP contribution >= 0.6 is 15.9 Å². The molecule has 0 saturated carbocycles. The summed E-state index contributed by atoms with van der Waals surface area (Å²) < 4.78 is 6.05. The molecule has 0 unspecified atom stereocenters. The normalized spacial score (nSPS) is 10.2. The minimum absolute atomic E-state index is 0.150. The van der Waals surface area contributed by atoms with E-state index in [1.54, 1.807) is 6.07 Å². The van der Waals surface area contributed by atoms with Gasteiger partial charge in [-0.3, -0.25) is 0 Å². The Morgan fingerprint density at radius 2 is 2.18 bits per heavy atom. The maximum absolute atomic E-state index is 5.31. The Labute approximate surface area is 73.9 Å². The molecule has 1 rings (SSSR count). The molecule has 0 radical (unpaired) electrons. The number of rotatable bonds is 2. The van der Waals surface area contributed by atoms with E-state index < -0.39 is 0 Å². The third-order valence-corrected chi connectivity index (χ3v) is 1.40. The fraction of sp³-hybridized carbons (Fsp3) is 0.429. The fourth-order valence-electron chi connectivity index (χ4n) is 0.623. The molecule has 0 aliphatic heterocycles. The standard InChI is InChI=1S/C7H9BrN2O/c1-5(2)11-7-3-6(8)9-4-10-7/h3-5H,1-2H3. The molecule has 60 valence electrons. The predicted molar refractivity (Wildman–Crippen MR) is 45.5 cm³/mol. The zero-order valence-corrected chi connectivity index (χ0v) is 8.00. The molecule has 0 spiro atoms. The van der Waals surface area contributed by atoms with Crippen LogP contribution in [-0.4, -0.2) is 16.1 Å². The minimum Gasteiger partial charge on any atom is -0.475 e. The second-order valence-electron chi connectivity index (χ2n) is 2.35. The maximum atomic E-state index is 5.31. The number of nitrogens with zero attached hydrogens (tertiary/aromatic N) is 2. The van der Waals surface area contributed by atoms with Gasteiger partial charge in [-0.25, -0.2) is 9.97 Å². The highest BCUT2D eigenvalue weighted by atomic mass is 79.9. The van der Waals surface area contributed by atoms with Crippen LogP contribution in [-0.2, 0) is 0 Å². The maximum Gasteiger partial charge on any atom is 0.217 e. The van der Waals surface area contributed by atoms with Crippen LogP contribution in [0.25, 0.3) is 0 Å². The lowest BCUT2D eigenvalue weighted by Crippen LogP contribution is -2.06. The summed E-state index contributed by atoms with van der Waals surface area (Å²) in [6, 6.07) is 1.74. The van der Waals surface area contributed by atoms with Crippen LogP contribution in [0.5, 0.6) is 5.88 Å². The van der Waals surface area contributed by atoms with Gasteiger partial charge < -0.3 is 4.74 Å². The van der Waals surface area contributed by atoms with Gasteiger partial charge in [-0.1, -0.05) is 0 Å². The molecule has 4 heteroatoms. The summed E-state index contributed by atoms with van der Waals surface area (Å²) in [5.74, 6) is 0.599. The van der Waals surface area contributed by atoms with Crippen LogP contribution in [0.3, 0.4) is 0 Å². The number of hydrogen-bond acceptors (Lipinski definition) is 3. The van der Waals surface area contributed by atoms with Gasteiger partial charge >= 0.3 is 0 Å². The van der Waals surface area contributed by atoms with E-state index in [0.29, 0.717) is 5.88 Å². The Kier molecular flexibility index (Phi) is 2.82. The van der Waals surface area contributed by atoms with Gasteiger partial charge in [0.2, 0.25) is 5.88 Å². The van der Waals surface area contributed by atoms with Crippen LogP contribution in [0.1, 0.15) is 13.8 Å². The van der Waals surface area contributed by atoms with E-state index in [1.807, 2.05) is 13.8 Å². The second-order valence-corrected chi connectivity index (χ2v) is 3.16. The van der Waals surface area contributed by atoms with Crippen molar-refractivity contribution >= 4 is 15.9 Å². The average molecular weight is 217 g/mol. The van der Waals surface area contributed by atoms with Crippen molar-refractivity contribution < 1.29 is 4.74 Å². The third-order valence-electron chi connectivity index (χ3n) is 0.965. The van der Waals surface area contributed by atoms with Gasteiger partial charge in [0.15, 0.2) is 0 Å².